The Labute approximate surface area is 92.1 Å². The van der Waals surface area contributed by atoms with Gasteiger partial charge in [0.1, 0.15) is 5.92 Å². The van der Waals surface area contributed by atoms with E-state index in [-0.39, 0.29) is 21.4 Å². The summed E-state index contributed by atoms with van der Waals surface area (Å²) in [4.78, 5) is 11.6. The summed E-state index contributed by atoms with van der Waals surface area (Å²) in [7, 11) is 0. The molecule has 0 aliphatic heterocycles. The topological polar surface area (TPSA) is 40.9 Å². The van der Waals surface area contributed by atoms with E-state index in [9.17, 15) is 4.79 Å². The Kier molecular flexibility index (Phi) is 3.51. The zero-order valence-corrected chi connectivity index (χ0v) is 8.93. The predicted molar refractivity (Wildman–Crippen MR) is 55.6 cm³/mol. The quantitative estimate of drug-likeness (QED) is 0.728. The van der Waals surface area contributed by atoms with Crippen LogP contribution in [0, 0.1) is 17.2 Å². The van der Waals surface area contributed by atoms with Gasteiger partial charge >= 0.3 is 0 Å². The van der Waals surface area contributed by atoms with Crippen molar-refractivity contribution in [3.8, 4) is 6.07 Å². The van der Waals surface area contributed by atoms with E-state index in [1.807, 2.05) is 6.07 Å². The highest BCUT2D eigenvalue weighted by molar-refractivity contribution is 6.40. The number of nitrogens with zero attached hydrogens (tertiary/aromatic N) is 1. The summed E-state index contributed by atoms with van der Waals surface area (Å²) in [5, 5.41) is 9.16. The fraction of sp³-hybridized carbons (Fsp3) is 0.200. The van der Waals surface area contributed by atoms with Crippen molar-refractivity contribution in [2.45, 2.75) is 6.92 Å². The van der Waals surface area contributed by atoms with Gasteiger partial charge in [-0.1, -0.05) is 29.3 Å². The number of nitriles is 1. The van der Waals surface area contributed by atoms with Crippen LogP contribution in [0.25, 0.3) is 0 Å². The average Bonchev–Trinajstić information content (AvgIpc) is 2.16. The standard InChI is InChI=1S/C10H7Cl2NO/c1-6(5-13)10(14)9-7(11)3-2-4-8(9)12/h2-4,6H,1H3. The monoisotopic (exact) mass is 227 g/mol. The lowest BCUT2D eigenvalue weighted by atomic mass is 10.0. The molecule has 1 aromatic rings. The van der Waals surface area contributed by atoms with Crippen molar-refractivity contribution in [3.05, 3.63) is 33.8 Å². The number of rotatable bonds is 2. The first kappa shape index (κ1) is 11.0. The second-order valence-electron chi connectivity index (χ2n) is 2.81. The molecule has 0 heterocycles. The minimum Gasteiger partial charge on any atom is -0.293 e. The first-order chi connectivity index (χ1) is 6.57. The van der Waals surface area contributed by atoms with Gasteiger partial charge < -0.3 is 0 Å². The van der Waals surface area contributed by atoms with E-state index in [1.54, 1.807) is 18.2 Å². The molecular formula is C10H7Cl2NO. The normalized spacial score (nSPS) is 11.9. The van der Waals surface area contributed by atoms with Gasteiger partial charge in [0.25, 0.3) is 0 Å². The Morgan fingerprint density at radius 1 is 1.43 bits per heavy atom. The van der Waals surface area contributed by atoms with Crippen molar-refractivity contribution in [1.82, 2.24) is 0 Å². The van der Waals surface area contributed by atoms with Gasteiger partial charge in [0.2, 0.25) is 0 Å². The predicted octanol–water partition coefficient (Wildman–Crippen LogP) is 3.34. The van der Waals surface area contributed by atoms with Crippen molar-refractivity contribution >= 4 is 29.0 Å². The largest absolute Gasteiger partial charge is 0.293 e. The van der Waals surface area contributed by atoms with Crippen LogP contribution < -0.4 is 0 Å². The van der Waals surface area contributed by atoms with Gasteiger partial charge in [0.05, 0.1) is 21.7 Å². The minimum absolute atomic E-state index is 0.227. The lowest BCUT2D eigenvalue weighted by molar-refractivity contribution is 0.0957. The maximum atomic E-state index is 11.6. The van der Waals surface area contributed by atoms with Crippen LogP contribution in [0.4, 0.5) is 0 Å². The Bertz CT molecular complexity index is 389. The van der Waals surface area contributed by atoms with E-state index < -0.39 is 5.92 Å². The summed E-state index contributed by atoms with van der Waals surface area (Å²) in [5.74, 6) is -1.07. The zero-order valence-electron chi connectivity index (χ0n) is 7.42. The zero-order chi connectivity index (χ0) is 10.7. The first-order valence-corrected chi connectivity index (χ1v) is 4.71. The third-order valence-electron chi connectivity index (χ3n) is 1.80. The number of Topliss-reactive ketones (excluding diaryl/α,β-unsaturated/α-hetero) is 1. The van der Waals surface area contributed by atoms with Crippen molar-refractivity contribution in [3.63, 3.8) is 0 Å². The lowest BCUT2D eigenvalue weighted by Gasteiger charge is -2.06. The van der Waals surface area contributed by atoms with Crippen LogP contribution in [0.2, 0.25) is 10.0 Å². The van der Waals surface area contributed by atoms with Gasteiger partial charge in [-0.3, -0.25) is 4.79 Å². The number of ketones is 1. The molecule has 0 saturated heterocycles. The highest BCUT2D eigenvalue weighted by Gasteiger charge is 2.19. The number of carbonyl (C=O) groups excluding carboxylic acids is 1. The summed E-state index contributed by atoms with van der Waals surface area (Å²) in [6.45, 7) is 1.52. The number of hydrogen-bond donors (Lipinski definition) is 0. The third kappa shape index (κ3) is 2.06. The smallest absolute Gasteiger partial charge is 0.182 e. The molecule has 0 aromatic heterocycles. The fourth-order valence-electron chi connectivity index (χ4n) is 1.01. The molecule has 4 heteroatoms. The van der Waals surface area contributed by atoms with Crippen molar-refractivity contribution in [2.75, 3.05) is 0 Å². The molecule has 1 unspecified atom stereocenters. The van der Waals surface area contributed by atoms with E-state index in [4.69, 9.17) is 28.5 Å². The van der Waals surface area contributed by atoms with E-state index in [1.165, 1.54) is 6.92 Å². The maximum Gasteiger partial charge on any atom is 0.182 e. The van der Waals surface area contributed by atoms with Crippen molar-refractivity contribution < 1.29 is 4.79 Å². The van der Waals surface area contributed by atoms with Crippen LogP contribution in [0.5, 0.6) is 0 Å². The Morgan fingerprint density at radius 2 is 1.93 bits per heavy atom. The van der Waals surface area contributed by atoms with Crippen LogP contribution in [0.1, 0.15) is 17.3 Å². The Balaban J connectivity index is 3.20. The fourth-order valence-corrected chi connectivity index (χ4v) is 1.59. The van der Waals surface area contributed by atoms with Crippen molar-refractivity contribution in [1.29, 1.82) is 5.26 Å². The second kappa shape index (κ2) is 4.45. The molecule has 0 aliphatic rings. The molecular weight excluding hydrogens is 221 g/mol. The molecule has 0 saturated carbocycles. The molecule has 1 aromatic carbocycles. The van der Waals surface area contributed by atoms with Crippen LogP contribution in [0.3, 0.4) is 0 Å². The van der Waals surface area contributed by atoms with E-state index in [2.05, 4.69) is 0 Å². The van der Waals surface area contributed by atoms with E-state index in [0.29, 0.717) is 0 Å². The molecule has 0 N–H and O–H groups in total. The number of hydrogen-bond acceptors (Lipinski definition) is 2. The second-order valence-corrected chi connectivity index (χ2v) is 3.63. The Morgan fingerprint density at radius 3 is 2.36 bits per heavy atom. The molecule has 14 heavy (non-hydrogen) atoms. The first-order valence-electron chi connectivity index (χ1n) is 3.95. The van der Waals surface area contributed by atoms with Gasteiger partial charge in [0, 0.05) is 0 Å². The molecule has 0 amide bonds. The number of carbonyl (C=O) groups is 1. The molecule has 0 spiro atoms. The van der Waals surface area contributed by atoms with Crippen LogP contribution in [-0.4, -0.2) is 5.78 Å². The van der Waals surface area contributed by atoms with Crippen LogP contribution in [0.15, 0.2) is 18.2 Å². The molecule has 0 radical (unpaired) electrons. The molecule has 0 bridgehead atoms. The van der Waals surface area contributed by atoms with Gasteiger partial charge in [-0.15, -0.1) is 0 Å². The SMILES string of the molecule is CC(C#N)C(=O)c1c(Cl)cccc1Cl. The summed E-state index contributed by atoms with van der Waals surface area (Å²) >= 11 is 11.6. The highest BCUT2D eigenvalue weighted by Crippen LogP contribution is 2.26. The molecule has 0 aliphatic carbocycles. The van der Waals surface area contributed by atoms with Gasteiger partial charge in [-0.25, -0.2) is 0 Å². The molecule has 2 nitrogen and oxygen atoms in total. The highest BCUT2D eigenvalue weighted by atomic mass is 35.5. The van der Waals surface area contributed by atoms with Crippen molar-refractivity contribution in [2.24, 2.45) is 5.92 Å². The minimum atomic E-state index is -0.729. The molecule has 1 atom stereocenters. The molecule has 1 rings (SSSR count). The lowest BCUT2D eigenvalue weighted by Crippen LogP contribution is -2.10. The number of benzene rings is 1. The third-order valence-corrected chi connectivity index (χ3v) is 2.43. The van der Waals surface area contributed by atoms with Crippen LogP contribution >= 0.6 is 23.2 Å². The van der Waals surface area contributed by atoms with Crippen LogP contribution in [-0.2, 0) is 0 Å². The number of halogens is 2. The summed E-state index contributed by atoms with van der Waals surface area (Å²) in [5.41, 5.74) is 0.227. The van der Waals surface area contributed by atoms with Gasteiger partial charge in [-0.2, -0.15) is 5.26 Å². The van der Waals surface area contributed by atoms with E-state index >= 15 is 0 Å². The van der Waals surface area contributed by atoms with E-state index in [0.717, 1.165) is 0 Å². The maximum absolute atomic E-state index is 11.6. The summed E-state index contributed by atoms with van der Waals surface area (Å²) in [6, 6.07) is 6.65. The summed E-state index contributed by atoms with van der Waals surface area (Å²) < 4.78 is 0. The molecule has 72 valence electrons. The van der Waals surface area contributed by atoms with Gasteiger partial charge in [-0.05, 0) is 19.1 Å². The van der Waals surface area contributed by atoms with Gasteiger partial charge in [0.15, 0.2) is 5.78 Å². The average molecular weight is 228 g/mol. The summed E-state index contributed by atoms with van der Waals surface area (Å²) in [6.07, 6.45) is 0. The molecule has 0 fully saturated rings. The Hall–Kier alpha value is -1.04.